The molecule has 9 heteroatoms. The Hall–Kier alpha value is -4.33. The molecule has 4 aromatic rings. The largest absolute Gasteiger partial charge is 0.493 e. The molecule has 0 radical (unpaired) electrons. The van der Waals surface area contributed by atoms with Gasteiger partial charge in [-0.2, -0.15) is 0 Å². The number of hydrogen-bond donors (Lipinski definition) is 2. The maximum absolute atomic E-state index is 12.9. The smallest absolute Gasteiger partial charge is 0.311 e. The first-order valence-electron chi connectivity index (χ1n) is 12.0. The number of fused-ring (bicyclic) bond motifs is 1. The van der Waals surface area contributed by atoms with Gasteiger partial charge in [0.05, 0.1) is 23.2 Å². The molecule has 0 aliphatic carbocycles. The van der Waals surface area contributed by atoms with Crippen LogP contribution in [-0.2, 0) is 4.79 Å². The van der Waals surface area contributed by atoms with Crippen LogP contribution in [0.15, 0.2) is 79.4 Å². The highest BCUT2D eigenvalue weighted by Gasteiger charge is 2.29. The predicted molar refractivity (Wildman–Crippen MR) is 151 cm³/mol. The van der Waals surface area contributed by atoms with Crippen molar-refractivity contribution in [1.82, 2.24) is 4.98 Å². The molecule has 0 fully saturated rings. The minimum absolute atomic E-state index is 0.263. The maximum Gasteiger partial charge on any atom is 0.311 e. The first-order valence-corrected chi connectivity index (χ1v) is 12.8. The second kappa shape index (κ2) is 11.2. The molecule has 196 valence electrons. The molecule has 3 aromatic carbocycles. The molecule has 39 heavy (non-hydrogen) atoms. The molecule has 1 aliphatic heterocycles. The van der Waals surface area contributed by atoms with Gasteiger partial charge in [0.2, 0.25) is 0 Å². The molecule has 1 unspecified atom stereocenters. The molecule has 1 atom stereocenters. The van der Waals surface area contributed by atoms with Gasteiger partial charge in [-0.3, -0.25) is 9.59 Å². The first-order chi connectivity index (χ1) is 18.8. The van der Waals surface area contributed by atoms with Crippen LogP contribution in [0.1, 0.15) is 33.8 Å². The molecule has 0 saturated carbocycles. The van der Waals surface area contributed by atoms with E-state index in [9.17, 15) is 14.7 Å². The number of anilines is 1. The number of hydrogen-bond acceptors (Lipinski definition) is 5. The third-order valence-corrected chi connectivity index (χ3v) is 6.89. The second-order valence-electron chi connectivity index (χ2n) is 8.78. The van der Waals surface area contributed by atoms with E-state index in [0.717, 1.165) is 11.1 Å². The van der Waals surface area contributed by atoms with Gasteiger partial charge in [-0.15, -0.1) is 0 Å². The average Bonchev–Trinajstić information content (AvgIpc) is 2.94. The normalized spacial score (nSPS) is 14.1. The Kier molecular flexibility index (Phi) is 7.54. The Morgan fingerprint density at radius 3 is 2.59 bits per heavy atom. The van der Waals surface area contributed by atoms with Crippen LogP contribution in [0.25, 0.3) is 17.3 Å². The van der Waals surface area contributed by atoms with Gasteiger partial charge < -0.3 is 19.9 Å². The zero-order chi connectivity index (χ0) is 27.5. The number of carboxylic acid groups (broad SMARTS) is 1. The number of nitrogens with zero attached hydrogens (tertiary/aromatic N) is 1. The fourth-order valence-corrected chi connectivity index (χ4v) is 4.64. The van der Waals surface area contributed by atoms with Gasteiger partial charge in [0.15, 0.2) is 0 Å². The lowest BCUT2D eigenvalue weighted by atomic mass is 9.93. The summed E-state index contributed by atoms with van der Waals surface area (Å²) in [7, 11) is 0. The molecule has 7 nitrogen and oxygen atoms in total. The number of halogens is 2. The maximum atomic E-state index is 12.9. The predicted octanol–water partition coefficient (Wildman–Crippen LogP) is 7.69. The van der Waals surface area contributed by atoms with Crippen molar-refractivity contribution in [3.63, 3.8) is 0 Å². The zero-order valence-electron chi connectivity index (χ0n) is 20.5. The van der Waals surface area contributed by atoms with Gasteiger partial charge >= 0.3 is 5.97 Å². The van der Waals surface area contributed by atoms with Crippen molar-refractivity contribution in [2.75, 3.05) is 11.9 Å². The third-order valence-electron chi connectivity index (χ3n) is 6.25. The molecule has 1 aliphatic rings. The van der Waals surface area contributed by atoms with E-state index in [-0.39, 0.29) is 10.9 Å². The molecule has 2 heterocycles. The van der Waals surface area contributed by atoms with Gasteiger partial charge in [-0.25, -0.2) is 4.98 Å². The van der Waals surface area contributed by atoms with Gasteiger partial charge in [-0.1, -0.05) is 48.0 Å². The first kappa shape index (κ1) is 26.3. The van der Waals surface area contributed by atoms with Crippen LogP contribution in [0, 0.1) is 0 Å². The van der Waals surface area contributed by atoms with Crippen molar-refractivity contribution >= 4 is 47.0 Å². The molecular formula is C30H22Cl2N2O5. The third kappa shape index (κ3) is 5.74. The Balaban J connectivity index is 1.29. The summed E-state index contributed by atoms with van der Waals surface area (Å²) in [6.07, 6.45) is 2.05. The van der Waals surface area contributed by atoms with Gasteiger partial charge in [0.1, 0.15) is 23.1 Å². The number of aromatic nitrogens is 1. The summed E-state index contributed by atoms with van der Waals surface area (Å²) in [5, 5.41) is 13.1. The van der Waals surface area contributed by atoms with Crippen molar-refractivity contribution < 1.29 is 24.2 Å². The van der Waals surface area contributed by atoms with Crippen LogP contribution in [0.4, 0.5) is 5.82 Å². The summed E-state index contributed by atoms with van der Waals surface area (Å²) >= 11 is 12.5. The molecular weight excluding hydrogens is 539 g/mol. The number of nitrogens with one attached hydrogen (secondary N) is 1. The molecule has 5 rings (SSSR count). The number of amides is 1. The monoisotopic (exact) mass is 560 g/mol. The quantitative estimate of drug-likeness (QED) is 0.240. The molecule has 1 amide bonds. The van der Waals surface area contributed by atoms with Crippen LogP contribution in [0.3, 0.4) is 0 Å². The van der Waals surface area contributed by atoms with Crippen LogP contribution in [0.5, 0.6) is 17.2 Å². The van der Waals surface area contributed by atoms with Crippen molar-refractivity contribution in [1.29, 1.82) is 0 Å². The zero-order valence-corrected chi connectivity index (χ0v) is 22.0. The van der Waals surface area contributed by atoms with E-state index in [1.807, 2.05) is 24.3 Å². The number of pyridine rings is 1. The van der Waals surface area contributed by atoms with E-state index in [4.69, 9.17) is 32.7 Å². The van der Waals surface area contributed by atoms with Crippen LogP contribution in [-0.4, -0.2) is 28.6 Å². The SMILES string of the molecule is C=Cc1cc(-c2cccc(NC(=O)c3ccc(Oc4cc5c(cc4Cl)C(C(=O)O)CCO5)cc3)n2)ccc1Cl. The summed E-state index contributed by atoms with van der Waals surface area (Å²) in [5.74, 6) is -0.349. The molecule has 2 N–H and O–H groups in total. The highest BCUT2D eigenvalue weighted by Crippen LogP contribution is 2.41. The van der Waals surface area contributed by atoms with E-state index in [1.165, 1.54) is 0 Å². The topological polar surface area (TPSA) is 97.8 Å². The summed E-state index contributed by atoms with van der Waals surface area (Å²) in [6, 6.07) is 20.5. The number of rotatable bonds is 7. The molecule has 0 spiro atoms. The fraction of sp³-hybridized carbons (Fsp3) is 0.100. The Morgan fingerprint density at radius 1 is 1.05 bits per heavy atom. The molecule has 0 bridgehead atoms. The number of carbonyl (C=O) groups is 2. The van der Waals surface area contributed by atoms with E-state index >= 15 is 0 Å². The van der Waals surface area contributed by atoms with Gasteiger partial charge in [-0.05, 0) is 66.6 Å². The lowest BCUT2D eigenvalue weighted by molar-refractivity contribution is -0.139. The molecule has 1 aromatic heterocycles. The average molecular weight is 561 g/mol. The van der Waals surface area contributed by atoms with Crippen molar-refractivity contribution in [3.8, 4) is 28.5 Å². The lowest BCUT2D eigenvalue weighted by Crippen LogP contribution is -2.20. The second-order valence-corrected chi connectivity index (χ2v) is 9.59. The fourth-order valence-electron chi connectivity index (χ4n) is 4.24. The number of benzene rings is 3. The summed E-state index contributed by atoms with van der Waals surface area (Å²) in [4.78, 5) is 29.0. The Morgan fingerprint density at radius 2 is 1.85 bits per heavy atom. The van der Waals surface area contributed by atoms with Crippen LogP contribution in [0.2, 0.25) is 10.0 Å². The summed E-state index contributed by atoms with van der Waals surface area (Å²) < 4.78 is 11.5. The number of carboxylic acids is 1. The summed E-state index contributed by atoms with van der Waals surface area (Å²) in [5.41, 5.74) is 3.24. The van der Waals surface area contributed by atoms with Crippen molar-refractivity contribution in [3.05, 3.63) is 106 Å². The molecule has 0 saturated heterocycles. The van der Waals surface area contributed by atoms with Crippen molar-refractivity contribution in [2.45, 2.75) is 12.3 Å². The van der Waals surface area contributed by atoms with Gasteiger partial charge in [0, 0.05) is 27.8 Å². The highest BCUT2D eigenvalue weighted by atomic mass is 35.5. The number of ether oxygens (including phenoxy) is 2. The lowest BCUT2D eigenvalue weighted by Gasteiger charge is -2.24. The van der Waals surface area contributed by atoms with E-state index < -0.39 is 11.9 Å². The minimum Gasteiger partial charge on any atom is -0.493 e. The van der Waals surface area contributed by atoms with Crippen LogP contribution >= 0.6 is 23.2 Å². The minimum atomic E-state index is -0.924. The highest BCUT2D eigenvalue weighted by molar-refractivity contribution is 6.32. The van der Waals surface area contributed by atoms with Gasteiger partial charge in [0.25, 0.3) is 5.91 Å². The Bertz CT molecular complexity index is 1590. The standard InChI is InChI=1S/C30H22Cl2N2O5/c1-2-17-14-19(8-11-23(17)31)25-4-3-5-28(33-25)34-29(35)18-6-9-20(10-7-18)39-27-16-26-22(15-24(27)32)21(30(36)37)12-13-38-26/h2-11,14-16,21H,1,12-13H2,(H,36,37)(H,33,34,35). The van der Waals surface area contributed by atoms with Crippen LogP contribution < -0.4 is 14.8 Å². The van der Waals surface area contributed by atoms with Crippen molar-refractivity contribution in [2.24, 2.45) is 0 Å². The summed E-state index contributed by atoms with van der Waals surface area (Å²) in [6.45, 7) is 4.07. The van der Waals surface area contributed by atoms with E-state index in [0.29, 0.717) is 57.9 Å². The number of carbonyl (C=O) groups excluding carboxylic acids is 1. The van der Waals surface area contributed by atoms with E-state index in [1.54, 1.807) is 54.6 Å². The number of aliphatic carboxylic acids is 1. The Labute approximate surface area is 234 Å². The van der Waals surface area contributed by atoms with E-state index in [2.05, 4.69) is 16.9 Å².